The van der Waals surface area contributed by atoms with Gasteiger partial charge in [-0.05, 0) is 42.3 Å². The van der Waals surface area contributed by atoms with E-state index in [2.05, 4.69) is 9.71 Å². The molecule has 1 heterocycles. The number of para-hydroxylation sites is 1. The van der Waals surface area contributed by atoms with Crippen molar-refractivity contribution in [3.63, 3.8) is 0 Å². The van der Waals surface area contributed by atoms with Gasteiger partial charge in [0.05, 0.1) is 4.90 Å². The Labute approximate surface area is 149 Å². The third kappa shape index (κ3) is 3.61. The molecule has 0 saturated carbocycles. The zero-order valence-electron chi connectivity index (χ0n) is 13.9. The topological polar surface area (TPSA) is 99.3 Å². The van der Waals surface area contributed by atoms with E-state index in [-0.39, 0.29) is 16.9 Å². The summed E-state index contributed by atoms with van der Waals surface area (Å²) in [5, 5.41) is 10.3. The minimum atomic E-state index is -4.11. The monoisotopic (exact) mass is 376 g/mol. The molecule has 2 aromatic carbocycles. The quantitative estimate of drug-likeness (QED) is 0.616. The summed E-state index contributed by atoms with van der Waals surface area (Å²) in [5.41, 5.74) is 1.69. The molecule has 0 saturated heterocycles. The Morgan fingerprint density at radius 2 is 2.00 bits per heavy atom. The molecule has 0 bridgehead atoms. The van der Waals surface area contributed by atoms with Crippen LogP contribution in [0.25, 0.3) is 10.9 Å². The summed E-state index contributed by atoms with van der Waals surface area (Å²) in [6.07, 6.45) is 1.63. The van der Waals surface area contributed by atoms with Gasteiger partial charge in [-0.1, -0.05) is 18.2 Å². The molecule has 136 valence electrons. The summed E-state index contributed by atoms with van der Waals surface area (Å²) >= 11 is 0. The number of carbonyl (C=O) groups is 1. The number of benzene rings is 2. The average Bonchev–Trinajstić information content (AvgIpc) is 2.99. The number of hydrogen-bond acceptors (Lipinski definition) is 3. The van der Waals surface area contributed by atoms with Crippen LogP contribution in [0.5, 0.6) is 0 Å². The highest BCUT2D eigenvalue weighted by Crippen LogP contribution is 2.20. The van der Waals surface area contributed by atoms with Crippen molar-refractivity contribution in [3.05, 3.63) is 65.6 Å². The number of nitrogens with one attached hydrogen (secondary N) is 2. The molecule has 0 aliphatic carbocycles. The van der Waals surface area contributed by atoms with E-state index in [9.17, 15) is 22.7 Å². The van der Waals surface area contributed by atoms with Crippen molar-refractivity contribution in [2.75, 3.05) is 0 Å². The van der Waals surface area contributed by atoms with Crippen LogP contribution in [0.2, 0.25) is 0 Å². The van der Waals surface area contributed by atoms with Gasteiger partial charge in [0.15, 0.2) is 0 Å². The molecule has 0 aliphatic rings. The van der Waals surface area contributed by atoms with Gasteiger partial charge in [-0.25, -0.2) is 12.8 Å². The highest BCUT2D eigenvalue weighted by molar-refractivity contribution is 7.89. The lowest BCUT2D eigenvalue weighted by Gasteiger charge is -2.15. The van der Waals surface area contributed by atoms with Crippen molar-refractivity contribution < 1.29 is 22.7 Å². The first-order chi connectivity index (χ1) is 12.3. The zero-order chi connectivity index (χ0) is 18.9. The van der Waals surface area contributed by atoms with Crippen LogP contribution in [0.4, 0.5) is 4.39 Å². The lowest BCUT2D eigenvalue weighted by atomic mass is 10.1. The largest absolute Gasteiger partial charge is 0.480 e. The number of carboxylic acid groups (broad SMARTS) is 1. The van der Waals surface area contributed by atoms with E-state index in [4.69, 9.17) is 0 Å². The number of sulfonamides is 1. The van der Waals surface area contributed by atoms with Gasteiger partial charge in [0.2, 0.25) is 10.0 Å². The number of fused-ring (bicyclic) bond motifs is 1. The Morgan fingerprint density at radius 3 is 2.69 bits per heavy atom. The molecular weight excluding hydrogens is 359 g/mol. The van der Waals surface area contributed by atoms with E-state index in [1.807, 2.05) is 24.3 Å². The van der Waals surface area contributed by atoms with Crippen LogP contribution in [0.3, 0.4) is 0 Å². The number of aromatic nitrogens is 1. The van der Waals surface area contributed by atoms with E-state index >= 15 is 0 Å². The lowest BCUT2D eigenvalue weighted by molar-refractivity contribution is -0.138. The van der Waals surface area contributed by atoms with E-state index in [1.165, 1.54) is 13.0 Å². The standard InChI is InChI=1S/C18H17FN2O4S/c1-11-8-13(6-7-15(11)19)26(24,25)21-17(18(22)23)9-12-10-20-16-5-3-2-4-14(12)16/h2-8,10,17,20-21H,9H2,1H3,(H,22,23)/t17-/m1/s1. The number of aliphatic carboxylic acids is 1. The van der Waals surface area contributed by atoms with Crippen molar-refractivity contribution in [1.29, 1.82) is 0 Å². The summed E-state index contributed by atoms with van der Waals surface area (Å²) in [5.74, 6) is -1.82. The number of H-pyrrole nitrogens is 1. The third-order valence-electron chi connectivity index (χ3n) is 4.13. The maximum atomic E-state index is 13.4. The van der Waals surface area contributed by atoms with E-state index in [0.29, 0.717) is 5.56 Å². The van der Waals surface area contributed by atoms with Crippen LogP contribution < -0.4 is 4.72 Å². The molecule has 3 N–H and O–H groups in total. The van der Waals surface area contributed by atoms with Crippen molar-refractivity contribution in [2.45, 2.75) is 24.3 Å². The summed E-state index contributed by atoms with van der Waals surface area (Å²) in [7, 11) is -4.11. The SMILES string of the molecule is Cc1cc(S(=O)(=O)N[C@H](Cc2c[nH]c3ccccc23)C(=O)O)ccc1F. The molecule has 0 fully saturated rings. The minimum absolute atomic E-state index is 0.0290. The molecule has 26 heavy (non-hydrogen) atoms. The Kier molecular flexibility index (Phi) is 4.80. The van der Waals surface area contributed by atoms with Gasteiger partial charge in [0.25, 0.3) is 0 Å². The van der Waals surface area contributed by atoms with Crippen LogP contribution >= 0.6 is 0 Å². The zero-order valence-corrected chi connectivity index (χ0v) is 14.7. The van der Waals surface area contributed by atoms with Gasteiger partial charge in [0, 0.05) is 23.5 Å². The number of carboxylic acids is 1. The Balaban J connectivity index is 1.88. The number of halogens is 1. The molecule has 8 heteroatoms. The number of rotatable bonds is 6. The maximum Gasteiger partial charge on any atom is 0.322 e. The van der Waals surface area contributed by atoms with E-state index in [0.717, 1.165) is 23.0 Å². The molecule has 0 amide bonds. The smallest absolute Gasteiger partial charge is 0.322 e. The van der Waals surface area contributed by atoms with Gasteiger partial charge in [0.1, 0.15) is 11.9 Å². The van der Waals surface area contributed by atoms with Crippen molar-refractivity contribution in [2.24, 2.45) is 0 Å². The highest BCUT2D eigenvalue weighted by Gasteiger charge is 2.27. The molecule has 0 radical (unpaired) electrons. The average molecular weight is 376 g/mol. The first-order valence-electron chi connectivity index (χ1n) is 7.84. The predicted octanol–water partition coefficient (Wildman–Crippen LogP) is 2.59. The van der Waals surface area contributed by atoms with Gasteiger partial charge in [-0.15, -0.1) is 0 Å². The second-order valence-electron chi connectivity index (χ2n) is 5.99. The molecule has 3 aromatic rings. The third-order valence-corrected chi connectivity index (χ3v) is 5.60. The van der Waals surface area contributed by atoms with Crippen molar-refractivity contribution in [3.8, 4) is 0 Å². The molecule has 0 spiro atoms. The Bertz CT molecular complexity index is 1080. The van der Waals surface area contributed by atoms with Crippen LogP contribution in [-0.4, -0.2) is 30.5 Å². The van der Waals surface area contributed by atoms with Crippen LogP contribution in [0.1, 0.15) is 11.1 Å². The second kappa shape index (κ2) is 6.89. The fourth-order valence-corrected chi connectivity index (χ4v) is 4.01. The number of aromatic amines is 1. The molecule has 6 nitrogen and oxygen atoms in total. The van der Waals surface area contributed by atoms with Gasteiger partial charge in [-0.3, -0.25) is 4.79 Å². The summed E-state index contributed by atoms with van der Waals surface area (Å²) in [6, 6.07) is 9.30. The number of aryl methyl sites for hydroxylation is 1. The summed E-state index contributed by atoms with van der Waals surface area (Å²) in [4.78, 5) is 14.4. The van der Waals surface area contributed by atoms with Crippen LogP contribution in [-0.2, 0) is 21.2 Å². The molecule has 0 unspecified atom stereocenters. The molecule has 1 aromatic heterocycles. The minimum Gasteiger partial charge on any atom is -0.480 e. The molecule has 0 aliphatic heterocycles. The normalized spacial score (nSPS) is 13.0. The molecular formula is C18H17FN2O4S. The first kappa shape index (κ1) is 18.1. The van der Waals surface area contributed by atoms with Crippen LogP contribution in [0.15, 0.2) is 53.6 Å². The maximum absolute atomic E-state index is 13.4. The first-order valence-corrected chi connectivity index (χ1v) is 9.32. The predicted molar refractivity (Wildman–Crippen MR) is 94.9 cm³/mol. The van der Waals surface area contributed by atoms with E-state index in [1.54, 1.807) is 6.20 Å². The van der Waals surface area contributed by atoms with Gasteiger partial charge < -0.3 is 10.1 Å². The van der Waals surface area contributed by atoms with E-state index < -0.39 is 27.9 Å². The molecule has 3 rings (SSSR count). The van der Waals surface area contributed by atoms with Gasteiger partial charge in [-0.2, -0.15) is 4.72 Å². The van der Waals surface area contributed by atoms with Gasteiger partial charge >= 0.3 is 5.97 Å². The Hall–Kier alpha value is -2.71. The summed E-state index contributed by atoms with van der Waals surface area (Å²) < 4.78 is 40.6. The Morgan fingerprint density at radius 1 is 1.27 bits per heavy atom. The lowest BCUT2D eigenvalue weighted by Crippen LogP contribution is -2.42. The van der Waals surface area contributed by atoms with Crippen molar-refractivity contribution >= 4 is 26.9 Å². The second-order valence-corrected chi connectivity index (χ2v) is 7.70. The molecule has 1 atom stereocenters. The highest BCUT2D eigenvalue weighted by atomic mass is 32.2. The summed E-state index contributed by atoms with van der Waals surface area (Å²) in [6.45, 7) is 1.44. The van der Waals surface area contributed by atoms with Crippen LogP contribution in [0, 0.1) is 12.7 Å². The van der Waals surface area contributed by atoms with Crippen molar-refractivity contribution in [1.82, 2.24) is 9.71 Å². The fourth-order valence-electron chi connectivity index (χ4n) is 2.74. The fraction of sp³-hybridized carbons (Fsp3) is 0.167. The number of hydrogen-bond donors (Lipinski definition) is 3.